The molecule has 0 amide bonds. The van der Waals surface area contributed by atoms with Crippen LogP contribution in [0.15, 0.2) is 30.3 Å². The molecule has 2 nitrogen and oxygen atoms in total. The Balaban J connectivity index is 2.10. The molecule has 0 radical (unpaired) electrons. The van der Waals surface area contributed by atoms with Gasteiger partial charge in [-0.15, -0.1) is 11.8 Å². The van der Waals surface area contributed by atoms with Crippen LogP contribution >= 0.6 is 11.8 Å². The number of benzene rings is 1. The highest BCUT2D eigenvalue weighted by molar-refractivity contribution is 7.99. The first-order valence-electron chi connectivity index (χ1n) is 5.02. The van der Waals surface area contributed by atoms with E-state index in [0.717, 1.165) is 13.1 Å². The SMILES string of the molecule is NCCN1CCSC1c1ccccc1. The Bertz CT molecular complexity index is 276. The molecule has 1 aliphatic rings. The van der Waals surface area contributed by atoms with E-state index in [1.165, 1.54) is 17.9 Å². The summed E-state index contributed by atoms with van der Waals surface area (Å²) in [5.74, 6) is 1.22. The third-order valence-electron chi connectivity index (χ3n) is 2.49. The Morgan fingerprint density at radius 3 is 2.86 bits per heavy atom. The predicted molar refractivity (Wildman–Crippen MR) is 62.3 cm³/mol. The molecule has 2 N–H and O–H groups in total. The van der Waals surface area contributed by atoms with Crippen molar-refractivity contribution < 1.29 is 0 Å². The number of hydrogen-bond donors (Lipinski definition) is 1. The molecule has 0 saturated carbocycles. The van der Waals surface area contributed by atoms with Gasteiger partial charge >= 0.3 is 0 Å². The van der Waals surface area contributed by atoms with E-state index in [1.54, 1.807) is 0 Å². The Kier molecular flexibility index (Phi) is 3.45. The molecule has 0 spiro atoms. The molecule has 1 aromatic rings. The third-order valence-corrected chi connectivity index (χ3v) is 3.79. The molecule has 1 atom stereocenters. The molecular formula is C11H16N2S. The van der Waals surface area contributed by atoms with Crippen molar-refractivity contribution in [1.82, 2.24) is 4.90 Å². The predicted octanol–water partition coefficient (Wildman–Crippen LogP) is 1.69. The Morgan fingerprint density at radius 1 is 1.36 bits per heavy atom. The first-order chi connectivity index (χ1) is 6.92. The van der Waals surface area contributed by atoms with E-state index in [-0.39, 0.29) is 0 Å². The van der Waals surface area contributed by atoms with E-state index in [9.17, 15) is 0 Å². The average molecular weight is 208 g/mol. The topological polar surface area (TPSA) is 29.3 Å². The second kappa shape index (κ2) is 4.82. The summed E-state index contributed by atoms with van der Waals surface area (Å²) < 4.78 is 0. The molecule has 3 heteroatoms. The Morgan fingerprint density at radius 2 is 2.14 bits per heavy atom. The molecule has 76 valence electrons. The van der Waals surface area contributed by atoms with Gasteiger partial charge < -0.3 is 5.73 Å². The molecule has 14 heavy (non-hydrogen) atoms. The van der Waals surface area contributed by atoms with Crippen molar-refractivity contribution in [3.63, 3.8) is 0 Å². The van der Waals surface area contributed by atoms with Crippen molar-refractivity contribution in [2.45, 2.75) is 5.37 Å². The van der Waals surface area contributed by atoms with Gasteiger partial charge in [-0.25, -0.2) is 0 Å². The van der Waals surface area contributed by atoms with Crippen LogP contribution in [-0.2, 0) is 0 Å². The van der Waals surface area contributed by atoms with Crippen LogP contribution in [0, 0.1) is 0 Å². The van der Waals surface area contributed by atoms with E-state index in [0.29, 0.717) is 5.37 Å². The second-order valence-corrected chi connectivity index (χ2v) is 4.65. The van der Waals surface area contributed by atoms with E-state index in [4.69, 9.17) is 5.73 Å². The van der Waals surface area contributed by atoms with Crippen LogP contribution in [0.2, 0.25) is 0 Å². The molecule has 1 fully saturated rings. The number of hydrogen-bond acceptors (Lipinski definition) is 3. The molecule has 1 aliphatic heterocycles. The van der Waals surface area contributed by atoms with Crippen LogP contribution in [0.1, 0.15) is 10.9 Å². The van der Waals surface area contributed by atoms with Gasteiger partial charge in [0.05, 0.1) is 5.37 Å². The molecular weight excluding hydrogens is 192 g/mol. The quantitative estimate of drug-likeness (QED) is 0.819. The third kappa shape index (κ3) is 2.11. The van der Waals surface area contributed by atoms with Gasteiger partial charge in [0.15, 0.2) is 0 Å². The lowest BCUT2D eigenvalue weighted by Crippen LogP contribution is -2.28. The maximum atomic E-state index is 5.60. The van der Waals surface area contributed by atoms with E-state index >= 15 is 0 Å². The first kappa shape index (κ1) is 10.0. The first-order valence-corrected chi connectivity index (χ1v) is 6.07. The molecule has 1 heterocycles. The van der Waals surface area contributed by atoms with Crippen LogP contribution in [0.3, 0.4) is 0 Å². The summed E-state index contributed by atoms with van der Waals surface area (Å²) in [4.78, 5) is 2.46. The van der Waals surface area contributed by atoms with Crippen LogP contribution < -0.4 is 5.73 Å². The largest absolute Gasteiger partial charge is 0.329 e. The van der Waals surface area contributed by atoms with Crippen molar-refractivity contribution in [1.29, 1.82) is 0 Å². The van der Waals surface area contributed by atoms with Crippen molar-refractivity contribution in [2.75, 3.05) is 25.4 Å². The van der Waals surface area contributed by atoms with Crippen molar-refractivity contribution in [3.8, 4) is 0 Å². The second-order valence-electron chi connectivity index (χ2n) is 3.46. The highest BCUT2D eigenvalue weighted by Crippen LogP contribution is 2.36. The minimum atomic E-state index is 0.528. The molecule has 0 aliphatic carbocycles. The van der Waals surface area contributed by atoms with E-state index in [2.05, 4.69) is 35.2 Å². The van der Waals surface area contributed by atoms with E-state index in [1.807, 2.05) is 11.8 Å². The summed E-state index contributed by atoms with van der Waals surface area (Å²) in [6.07, 6.45) is 0. The minimum absolute atomic E-state index is 0.528. The average Bonchev–Trinajstić information content (AvgIpc) is 2.68. The fourth-order valence-electron chi connectivity index (χ4n) is 1.82. The Labute approximate surface area is 89.5 Å². The maximum Gasteiger partial charge on any atom is 0.0815 e. The van der Waals surface area contributed by atoms with Gasteiger partial charge in [0.25, 0.3) is 0 Å². The molecule has 1 aromatic carbocycles. The minimum Gasteiger partial charge on any atom is -0.329 e. The normalized spacial score (nSPS) is 22.8. The summed E-state index contributed by atoms with van der Waals surface area (Å²) in [6.45, 7) is 2.93. The lowest BCUT2D eigenvalue weighted by atomic mass is 10.2. The smallest absolute Gasteiger partial charge is 0.0815 e. The van der Waals surface area contributed by atoms with Crippen LogP contribution in [0.5, 0.6) is 0 Å². The molecule has 1 unspecified atom stereocenters. The summed E-state index contributed by atoms with van der Waals surface area (Å²) in [7, 11) is 0. The monoisotopic (exact) mass is 208 g/mol. The van der Waals surface area contributed by atoms with Crippen molar-refractivity contribution in [3.05, 3.63) is 35.9 Å². The van der Waals surface area contributed by atoms with Gasteiger partial charge in [0, 0.05) is 25.4 Å². The zero-order valence-corrected chi connectivity index (χ0v) is 9.04. The van der Waals surface area contributed by atoms with Crippen molar-refractivity contribution >= 4 is 11.8 Å². The zero-order chi connectivity index (χ0) is 9.80. The van der Waals surface area contributed by atoms with Gasteiger partial charge in [0.1, 0.15) is 0 Å². The Hall–Kier alpha value is -0.510. The molecule has 2 rings (SSSR count). The highest BCUT2D eigenvalue weighted by atomic mass is 32.2. The van der Waals surface area contributed by atoms with Gasteiger partial charge in [-0.2, -0.15) is 0 Å². The summed E-state index contributed by atoms with van der Waals surface area (Å²) in [6, 6.07) is 10.7. The van der Waals surface area contributed by atoms with Crippen molar-refractivity contribution in [2.24, 2.45) is 5.73 Å². The zero-order valence-electron chi connectivity index (χ0n) is 8.23. The van der Waals surface area contributed by atoms with Crippen LogP contribution in [0.4, 0.5) is 0 Å². The molecule has 0 aromatic heterocycles. The summed E-state index contributed by atoms with van der Waals surface area (Å²) >= 11 is 2.01. The highest BCUT2D eigenvalue weighted by Gasteiger charge is 2.25. The molecule has 0 bridgehead atoms. The summed E-state index contributed by atoms with van der Waals surface area (Å²) in [5, 5.41) is 0.528. The number of rotatable bonds is 3. The molecule has 1 saturated heterocycles. The number of nitrogens with two attached hydrogens (primary N) is 1. The fourth-order valence-corrected chi connectivity index (χ4v) is 3.16. The van der Waals surface area contributed by atoms with Crippen LogP contribution in [-0.4, -0.2) is 30.3 Å². The van der Waals surface area contributed by atoms with Gasteiger partial charge in [-0.1, -0.05) is 30.3 Å². The van der Waals surface area contributed by atoms with Gasteiger partial charge in [-0.3, -0.25) is 4.90 Å². The lowest BCUT2D eigenvalue weighted by Gasteiger charge is -2.22. The standard InChI is InChI=1S/C11H16N2S/c12-6-7-13-8-9-14-11(13)10-4-2-1-3-5-10/h1-5,11H,6-9,12H2. The van der Waals surface area contributed by atoms with Gasteiger partial charge in [0.2, 0.25) is 0 Å². The lowest BCUT2D eigenvalue weighted by molar-refractivity contribution is 0.299. The number of thioether (sulfide) groups is 1. The maximum absolute atomic E-state index is 5.60. The number of nitrogens with zero attached hydrogens (tertiary/aromatic N) is 1. The van der Waals surface area contributed by atoms with E-state index < -0.39 is 0 Å². The van der Waals surface area contributed by atoms with Crippen LogP contribution in [0.25, 0.3) is 0 Å². The van der Waals surface area contributed by atoms with Gasteiger partial charge in [-0.05, 0) is 5.56 Å². The fraction of sp³-hybridized carbons (Fsp3) is 0.455. The summed E-state index contributed by atoms with van der Waals surface area (Å²) in [5.41, 5.74) is 7.00.